The smallest absolute Gasteiger partial charge is 0.312 e. The minimum absolute atomic E-state index is 0.0185. The molecule has 10 heteroatoms. The highest BCUT2D eigenvalue weighted by molar-refractivity contribution is 6.30. The molecule has 0 saturated heterocycles. The first-order valence-corrected chi connectivity index (χ1v) is 11.2. The SMILES string of the molecule is CCCC(CO)(CC(Cc1ccc(-c2cc(Cl)ccc2F)cc1)NC(=O)c1cnn[nH]1)C(=O)O. The summed E-state index contributed by atoms with van der Waals surface area (Å²) in [4.78, 5) is 24.7. The fourth-order valence-electron chi connectivity index (χ4n) is 4.03. The molecule has 1 amide bonds. The van der Waals surface area contributed by atoms with Crippen molar-refractivity contribution in [3.8, 4) is 11.1 Å². The van der Waals surface area contributed by atoms with Gasteiger partial charge >= 0.3 is 5.97 Å². The minimum atomic E-state index is -1.40. The molecule has 0 aliphatic heterocycles. The van der Waals surface area contributed by atoms with Gasteiger partial charge in [0.15, 0.2) is 0 Å². The summed E-state index contributed by atoms with van der Waals surface area (Å²) in [5.74, 6) is -2.00. The van der Waals surface area contributed by atoms with Crippen LogP contribution in [-0.4, -0.2) is 50.1 Å². The monoisotopic (exact) mass is 488 g/mol. The van der Waals surface area contributed by atoms with Gasteiger partial charge in [-0.3, -0.25) is 14.7 Å². The first-order valence-electron chi connectivity index (χ1n) is 10.8. The van der Waals surface area contributed by atoms with Crippen LogP contribution in [0.2, 0.25) is 5.02 Å². The fourth-order valence-corrected chi connectivity index (χ4v) is 4.20. The van der Waals surface area contributed by atoms with Crippen LogP contribution in [0.15, 0.2) is 48.7 Å². The van der Waals surface area contributed by atoms with Crippen LogP contribution in [-0.2, 0) is 11.2 Å². The van der Waals surface area contributed by atoms with Crippen LogP contribution in [0.3, 0.4) is 0 Å². The van der Waals surface area contributed by atoms with Gasteiger partial charge in [0.2, 0.25) is 0 Å². The van der Waals surface area contributed by atoms with Crippen molar-refractivity contribution in [1.29, 1.82) is 0 Å². The molecule has 34 heavy (non-hydrogen) atoms. The fraction of sp³-hybridized carbons (Fsp3) is 0.333. The number of halogens is 2. The number of H-pyrrole nitrogens is 1. The van der Waals surface area contributed by atoms with Gasteiger partial charge in [0.05, 0.1) is 18.2 Å². The molecule has 1 aromatic heterocycles. The number of hydrogen-bond acceptors (Lipinski definition) is 5. The quantitative estimate of drug-likeness (QED) is 0.324. The number of benzene rings is 2. The number of aromatic amines is 1. The van der Waals surface area contributed by atoms with E-state index in [1.165, 1.54) is 18.3 Å². The van der Waals surface area contributed by atoms with Crippen molar-refractivity contribution in [2.75, 3.05) is 6.61 Å². The Balaban J connectivity index is 1.86. The van der Waals surface area contributed by atoms with Gasteiger partial charge in [0.1, 0.15) is 11.5 Å². The Hall–Kier alpha value is -3.30. The van der Waals surface area contributed by atoms with E-state index in [-0.39, 0.29) is 18.5 Å². The van der Waals surface area contributed by atoms with Gasteiger partial charge < -0.3 is 15.5 Å². The minimum Gasteiger partial charge on any atom is -0.481 e. The molecule has 0 aliphatic rings. The largest absolute Gasteiger partial charge is 0.481 e. The van der Waals surface area contributed by atoms with Crippen molar-refractivity contribution in [2.45, 2.75) is 38.6 Å². The average Bonchev–Trinajstić information content (AvgIpc) is 3.36. The number of carbonyl (C=O) groups is 2. The maximum Gasteiger partial charge on any atom is 0.312 e. The topological polar surface area (TPSA) is 128 Å². The van der Waals surface area contributed by atoms with E-state index in [0.717, 1.165) is 5.56 Å². The standard InChI is InChI=1S/C24H26ClFN4O4/c1-2-9-24(14-31,23(33)34)12-18(28-22(32)21-13-27-30-29-21)10-15-3-5-16(6-4-15)19-11-17(25)7-8-20(19)26/h3-8,11,13,18,31H,2,9-10,12,14H2,1H3,(H,28,32)(H,33,34)(H,27,29,30). The van der Waals surface area contributed by atoms with Crippen molar-refractivity contribution < 1.29 is 24.2 Å². The number of amides is 1. The molecule has 2 aromatic carbocycles. The lowest BCUT2D eigenvalue weighted by atomic mass is 9.77. The van der Waals surface area contributed by atoms with Crippen LogP contribution in [0, 0.1) is 11.2 Å². The van der Waals surface area contributed by atoms with E-state index < -0.39 is 35.8 Å². The summed E-state index contributed by atoms with van der Waals surface area (Å²) in [6.07, 6.45) is 2.39. The third-order valence-corrected chi connectivity index (χ3v) is 6.03. The molecule has 1 heterocycles. The lowest BCUT2D eigenvalue weighted by Crippen LogP contribution is -2.45. The number of aliphatic hydroxyl groups excluding tert-OH is 1. The number of carboxylic acid groups (broad SMARTS) is 1. The van der Waals surface area contributed by atoms with Crippen molar-refractivity contribution in [2.24, 2.45) is 5.41 Å². The number of nitrogens with one attached hydrogen (secondary N) is 2. The molecule has 0 fully saturated rings. The third kappa shape index (κ3) is 5.98. The number of hydrogen-bond donors (Lipinski definition) is 4. The molecule has 4 N–H and O–H groups in total. The second-order valence-corrected chi connectivity index (χ2v) is 8.70. The first kappa shape index (κ1) is 25.3. The summed E-state index contributed by atoms with van der Waals surface area (Å²) in [7, 11) is 0. The molecular weight excluding hydrogens is 463 g/mol. The Morgan fingerprint density at radius 1 is 1.24 bits per heavy atom. The number of rotatable bonds is 11. The second kappa shape index (κ2) is 11.2. The number of nitrogens with zero attached hydrogens (tertiary/aromatic N) is 2. The molecule has 8 nitrogen and oxygen atoms in total. The Morgan fingerprint density at radius 2 is 1.97 bits per heavy atom. The summed E-state index contributed by atoms with van der Waals surface area (Å²) < 4.78 is 14.2. The van der Waals surface area contributed by atoms with Gasteiger partial charge in [-0.25, -0.2) is 4.39 Å². The summed E-state index contributed by atoms with van der Waals surface area (Å²) in [6.45, 7) is 1.28. The van der Waals surface area contributed by atoms with E-state index in [1.54, 1.807) is 30.3 Å². The van der Waals surface area contributed by atoms with E-state index >= 15 is 0 Å². The summed E-state index contributed by atoms with van der Waals surface area (Å²) in [5, 5.41) is 32.7. The highest BCUT2D eigenvalue weighted by atomic mass is 35.5. The van der Waals surface area contributed by atoms with E-state index in [0.29, 0.717) is 29.0 Å². The highest BCUT2D eigenvalue weighted by Crippen LogP contribution is 2.32. The lowest BCUT2D eigenvalue weighted by Gasteiger charge is -2.31. The van der Waals surface area contributed by atoms with E-state index in [9.17, 15) is 24.2 Å². The maximum atomic E-state index is 14.2. The summed E-state index contributed by atoms with van der Waals surface area (Å²) in [6, 6.07) is 10.8. The van der Waals surface area contributed by atoms with Crippen molar-refractivity contribution >= 4 is 23.5 Å². The molecule has 2 unspecified atom stereocenters. The Labute approximate surface area is 201 Å². The van der Waals surface area contributed by atoms with E-state index in [2.05, 4.69) is 20.7 Å². The Morgan fingerprint density at radius 3 is 2.56 bits per heavy atom. The third-order valence-electron chi connectivity index (χ3n) is 5.79. The Bertz CT molecular complexity index is 1120. The number of carboxylic acids is 1. The first-order chi connectivity index (χ1) is 16.3. The van der Waals surface area contributed by atoms with E-state index in [4.69, 9.17) is 11.6 Å². The molecule has 0 aliphatic carbocycles. The zero-order chi connectivity index (χ0) is 24.7. The van der Waals surface area contributed by atoms with E-state index in [1.807, 2.05) is 6.92 Å². The molecule has 0 saturated carbocycles. The molecule has 2 atom stereocenters. The molecular formula is C24H26ClFN4O4. The summed E-state index contributed by atoms with van der Waals surface area (Å²) in [5.41, 5.74) is 0.533. The van der Waals surface area contributed by atoms with Gasteiger partial charge in [0, 0.05) is 16.6 Å². The molecule has 0 bridgehead atoms. The lowest BCUT2D eigenvalue weighted by molar-refractivity contribution is -0.153. The highest BCUT2D eigenvalue weighted by Gasteiger charge is 2.40. The summed E-state index contributed by atoms with van der Waals surface area (Å²) >= 11 is 6.00. The number of aromatic nitrogens is 3. The zero-order valence-electron chi connectivity index (χ0n) is 18.6. The van der Waals surface area contributed by atoms with Crippen LogP contribution in [0.1, 0.15) is 42.2 Å². The maximum absolute atomic E-state index is 14.2. The Kier molecular flexibility index (Phi) is 8.36. The van der Waals surface area contributed by atoms with Gasteiger partial charge in [-0.15, -0.1) is 5.10 Å². The normalized spacial score (nSPS) is 13.8. The van der Waals surface area contributed by atoms with Crippen LogP contribution >= 0.6 is 11.6 Å². The number of aliphatic hydroxyl groups is 1. The molecule has 3 rings (SSSR count). The number of carbonyl (C=O) groups excluding carboxylic acids is 1. The van der Waals surface area contributed by atoms with Crippen LogP contribution in [0.25, 0.3) is 11.1 Å². The zero-order valence-corrected chi connectivity index (χ0v) is 19.3. The molecule has 0 radical (unpaired) electrons. The second-order valence-electron chi connectivity index (χ2n) is 8.26. The van der Waals surface area contributed by atoms with Gasteiger partial charge in [0.25, 0.3) is 5.91 Å². The predicted octanol–water partition coefficient (Wildman–Crippen LogP) is 3.86. The van der Waals surface area contributed by atoms with Crippen molar-refractivity contribution in [1.82, 2.24) is 20.7 Å². The van der Waals surface area contributed by atoms with Gasteiger partial charge in [-0.2, -0.15) is 0 Å². The molecule has 3 aromatic rings. The van der Waals surface area contributed by atoms with Gasteiger partial charge in [-0.05, 0) is 48.6 Å². The van der Waals surface area contributed by atoms with Gasteiger partial charge in [-0.1, -0.05) is 54.4 Å². The molecule has 180 valence electrons. The van der Waals surface area contributed by atoms with Crippen molar-refractivity contribution in [3.05, 3.63) is 70.8 Å². The average molecular weight is 489 g/mol. The van der Waals surface area contributed by atoms with Crippen LogP contribution in [0.5, 0.6) is 0 Å². The predicted molar refractivity (Wildman–Crippen MR) is 125 cm³/mol. The van der Waals surface area contributed by atoms with Crippen LogP contribution < -0.4 is 5.32 Å². The molecule has 0 spiro atoms. The van der Waals surface area contributed by atoms with Crippen molar-refractivity contribution in [3.63, 3.8) is 0 Å². The number of aliphatic carboxylic acids is 1. The van der Waals surface area contributed by atoms with Crippen LogP contribution in [0.4, 0.5) is 4.39 Å².